The molecule has 0 aromatic carbocycles. The normalized spacial score (nSPS) is 10.6. The van der Waals surface area contributed by atoms with Crippen LogP contribution in [0.1, 0.15) is 38.7 Å². The molecule has 76 valence electrons. The largest absolute Gasteiger partial charge is 0.353 e. The van der Waals surface area contributed by atoms with Crippen LogP contribution in [-0.2, 0) is 0 Å². The highest BCUT2D eigenvalue weighted by Gasteiger charge is 2.09. The fourth-order valence-corrected chi connectivity index (χ4v) is 1.15. The van der Waals surface area contributed by atoms with E-state index in [1.165, 1.54) is 0 Å². The molecular formula is C10H15N3O. The van der Waals surface area contributed by atoms with Gasteiger partial charge in [0.15, 0.2) is 0 Å². The molecule has 14 heavy (non-hydrogen) atoms. The van der Waals surface area contributed by atoms with Gasteiger partial charge in [0.2, 0.25) is 5.58 Å². The van der Waals surface area contributed by atoms with Gasteiger partial charge in [-0.2, -0.15) is 0 Å². The van der Waals surface area contributed by atoms with Gasteiger partial charge >= 0.3 is 0 Å². The number of aryl methyl sites for hydroxylation is 1. The van der Waals surface area contributed by atoms with E-state index < -0.39 is 0 Å². The summed E-state index contributed by atoms with van der Waals surface area (Å²) in [6.45, 7) is 6.00. The molecule has 0 aliphatic heterocycles. The van der Waals surface area contributed by atoms with E-state index in [1.54, 1.807) is 6.20 Å². The summed E-state index contributed by atoms with van der Waals surface area (Å²) in [5, 5.41) is 3.82. The van der Waals surface area contributed by atoms with Gasteiger partial charge in [0.1, 0.15) is 17.0 Å². The van der Waals surface area contributed by atoms with Crippen LogP contribution in [0.5, 0.6) is 0 Å². The Morgan fingerprint density at radius 1 is 1.36 bits per heavy atom. The Balaban J connectivity index is 0.000000980. The van der Waals surface area contributed by atoms with E-state index in [0.29, 0.717) is 11.5 Å². The van der Waals surface area contributed by atoms with Crippen LogP contribution in [0.25, 0.3) is 11.1 Å². The second-order valence-corrected chi connectivity index (χ2v) is 3.36. The molecule has 0 unspecified atom stereocenters. The van der Waals surface area contributed by atoms with E-state index in [0.717, 1.165) is 17.0 Å². The number of fused-ring (bicyclic) bond motifs is 1. The van der Waals surface area contributed by atoms with Crippen LogP contribution in [0.15, 0.2) is 10.7 Å². The molecule has 0 atom stereocenters. The van der Waals surface area contributed by atoms with Crippen molar-refractivity contribution < 1.29 is 4.52 Å². The lowest BCUT2D eigenvalue weighted by Gasteiger charge is -2.00. The number of hydrogen-bond acceptors (Lipinski definition) is 4. The molecule has 2 rings (SSSR count). The van der Waals surface area contributed by atoms with Crippen molar-refractivity contribution in [1.82, 2.24) is 15.1 Å². The van der Waals surface area contributed by atoms with Gasteiger partial charge in [-0.25, -0.2) is 9.97 Å². The number of nitrogens with zero attached hydrogens (tertiary/aromatic N) is 3. The van der Waals surface area contributed by atoms with Crippen LogP contribution in [0, 0.1) is 6.92 Å². The van der Waals surface area contributed by atoms with Crippen molar-refractivity contribution in [3.63, 3.8) is 0 Å². The number of rotatable bonds is 1. The van der Waals surface area contributed by atoms with Gasteiger partial charge in [-0.15, -0.1) is 0 Å². The minimum Gasteiger partial charge on any atom is -0.353 e. The van der Waals surface area contributed by atoms with E-state index in [-0.39, 0.29) is 7.43 Å². The summed E-state index contributed by atoms with van der Waals surface area (Å²) >= 11 is 0. The van der Waals surface area contributed by atoms with Crippen molar-refractivity contribution in [2.24, 2.45) is 0 Å². The summed E-state index contributed by atoms with van der Waals surface area (Å²) in [7, 11) is 0. The fraction of sp³-hybridized carbons (Fsp3) is 0.500. The van der Waals surface area contributed by atoms with Gasteiger partial charge in [0.05, 0.1) is 6.20 Å². The second-order valence-electron chi connectivity index (χ2n) is 3.36. The molecule has 0 aliphatic rings. The SMILES string of the molecule is C.Cc1noc2cnc(C(C)C)nc12. The summed E-state index contributed by atoms with van der Waals surface area (Å²) in [4.78, 5) is 8.54. The molecule has 0 aliphatic carbocycles. The van der Waals surface area contributed by atoms with Crippen LogP contribution in [0.4, 0.5) is 0 Å². The molecular weight excluding hydrogens is 178 g/mol. The summed E-state index contributed by atoms with van der Waals surface area (Å²) in [6, 6.07) is 0. The van der Waals surface area contributed by atoms with Crippen molar-refractivity contribution in [2.75, 3.05) is 0 Å². The molecule has 0 spiro atoms. The Kier molecular flexibility index (Phi) is 2.84. The topological polar surface area (TPSA) is 51.8 Å². The van der Waals surface area contributed by atoms with Gasteiger partial charge in [0, 0.05) is 5.92 Å². The monoisotopic (exact) mass is 193 g/mol. The lowest BCUT2D eigenvalue weighted by atomic mass is 10.2. The zero-order valence-electron chi connectivity index (χ0n) is 7.90. The van der Waals surface area contributed by atoms with Gasteiger partial charge in [-0.05, 0) is 6.92 Å². The standard InChI is InChI=1S/C9H11N3O.CH4/c1-5(2)9-10-4-7-8(11-9)6(3)12-13-7;/h4-5H,1-3H3;1H4. The predicted molar refractivity (Wildman–Crippen MR) is 55.2 cm³/mol. The first kappa shape index (κ1) is 10.6. The molecule has 4 nitrogen and oxygen atoms in total. The summed E-state index contributed by atoms with van der Waals surface area (Å²) in [5.74, 6) is 1.16. The van der Waals surface area contributed by atoms with E-state index in [1.807, 2.05) is 6.92 Å². The molecule has 4 heteroatoms. The summed E-state index contributed by atoms with van der Waals surface area (Å²) < 4.78 is 5.01. The van der Waals surface area contributed by atoms with E-state index >= 15 is 0 Å². The maximum Gasteiger partial charge on any atom is 0.203 e. The highest BCUT2D eigenvalue weighted by atomic mass is 16.5. The van der Waals surface area contributed by atoms with E-state index in [9.17, 15) is 0 Å². The number of aromatic nitrogens is 3. The molecule has 0 N–H and O–H groups in total. The third-order valence-electron chi connectivity index (χ3n) is 1.91. The minimum absolute atomic E-state index is 0. The van der Waals surface area contributed by atoms with Gasteiger partial charge in [-0.3, -0.25) is 0 Å². The third-order valence-corrected chi connectivity index (χ3v) is 1.91. The first-order valence-electron chi connectivity index (χ1n) is 4.27. The highest BCUT2D eigenvalue weighted by Crippen LogP contribution is 2.17. The fourth-order valence-electron chi connectivity index (χ4n) is 1.15. The molecule has 0 bridgehead atoms. The van der Waals surface area contributed by atoms with Crippen molar-refractivity contribution in [3.8, 4) is 0 Å². The highest BCUT2D eigenvalue weighted by molar-refractivity contribution is 5.73. The zero-order valence-corrected chi connectivity index (χ0v) is 7.90. The van der Waals surface area contributed by atoms with Crippen molar-refractivity contribution >= 4 is 11.1 Å². The first-order chi connectivity index (χ1) is 6.18. The van der Waals surface area contributed by atoms with Crippen molar-refractivity contribution in [1.29, 1.82) is 0 Å². The third kappa shape index (κ3) is 1.60. The van der Waals surface area contributed by atoms with E-state index in [2.05, 4.69) is 29.0 Å². The van der Waals surface area contributed by atoms with Crippen LogP contribution in [-0.4, -0.2) is 15.1 Å². The maximum absolute atomic E-state index is 5.01. The molecule has 0 amide bonds. The molecule has 0 radical (unpaired) electrons. The van der Waals surface area contributed by atoms with Crippen molar-refractivity contribution in [3.05, 3.63) is 17.7 Å². The molecule has 0 saturated heterocycles. The van der Waals surface area contributed by atoms with E-state index in [4.69, 9.17) is 4.52 Å². The van der Waals surface area contributed by atoms with Gasteiger partial charge < -0.3 is 4.52 Å². The molecule has 2 aromatic heterocycles. The minimum atomic E-state index is 0. The Morgan fingerprint density at radius 3 is 2.71 bits per heavy atom. The zero-order chi connectivity index (χ0) is 9.42. The van der Waals surface area contributed by atoms with Crippen LogP contribution >= 0.6 is 0 Å². The van der Waals surface area contributed by atoms with Crippen LogP contribution in [0.3, 0.4) is 0 Å². The lowest BCUT2D eigenvalue weighted by molar-refractivity contribution is 0.449. The second kappa shape index (κ2) is 3.74. The van der Waals surface area contributed by atoms with Gasteiger partial charge in [0.25, 0.3) is 0 Å². The Labute approximate surface area is 83.3 Å². The average molecular weight is 193 g/mol. The van der Waals surface area contributed by atoms with Crippen LogP contribution in [0.2, 0.25) is 0 Å². The maximum atomic E-state index is 5.01. The predicted octanol–water partition coefficient (Wildman–Crippen LogP) is 2.69. The Morgan fingerprint density at radius 2 is 2.07 bits per heavy atom. The lowest BCUT2D eigenvalue weighted by Crippen LogP contribution is -1.96. The molecule has 2 aromatic rings. The van der Waals surface area contributed by atoms with Gasteiger partial charge in [-0.1, -0.05) is 26.4 Å². The Bertz CT molecular complexity index is 434. The number of hydrogen-bond donors (Lipinski definition) is 0. The quantitative estimate of drug-likeness (QED) is 0.698. The Hall–Kier alpha value is -1.45. The van der Waals surface area contributed by atoms with Crippen LogP contribution < -0.4 is 0 Å². The average Bonchev–Trinajstić information content (AvgIpc) is 2.47. The molecule has 0 fully saturated rings. The summed E-state index contributed by atoms with van der Waals surface area (Å²) in [6.07, 6.45) is 1.68. The summed E-state index contributed by atoms with van der Waals surface area (Å²) in [5.41, 5.74) is 2.29. The first-order valence-corrected chi connectivity index (χ1v) is 4.27. The molecule has 2 heterocycles. The van der Waals surface area contributed by atoms with Crippen molar-refractivity contribution in [2.45, 2.75) is 34.1 Å². The smallest absolute Gasteiger partial charge is 0.203 e. The molecule has 0 saturated carbocycles.